The van der Waals surface area contributed by atoms with Gasteiger partial charge in [-0.3, -0.25) is 4.79 Å². The second-order valence-corrected chi connectivity index (χ2v) is 5.46. The number of ketones is 1. The molecule has 0 bridgehead atoms. The first-order valence-corrected chi connectivity index (χ1v) is 6.84. The van der Waals surface area contributed by atoms with Crippen LogP contribution in [0.25, 0.3) is 0 Å². The Kier molecular flexibility index (Phi) is 4.38. The van der Waals surface area contributed by atoms with Crippen molar-refractivity contribution in [1.29, 1.82) is 0 Å². The molecule has 0 saturated heterocycles. The molecule has 0 atom stereocenters. The highest BCUT2D eigenvalue weighted by molar-refractivity contribution is 9.10. The van der Waals surface area contributed by atoms with Crippen LogP contribution < -0.4 is 4.74 Å². The van der Waals surface area contributed by atoms with Crippen LogP contribution in [0.4, 0.5) is 0 Å². The van der Waals surface area contributed by atoms with E-state index >= 15 is 0 Å². The summed E-state index contributed by atoms with van der Waals surface area (Å²) in [5.74, 6) is 0.717. The molecule has 0 radical (unpaired) electrons. The third-order valence-electron chi connectivity index (χ3n) is 2.73. The van der Waals surface area contributed by atoms with E-state index < -0.39 is 0 Å². The van der Waals surface area contributed by atoms with E-state index in [0.717, 1.165) is 21.3 Å². The molecular weight excluding hydrogens is 304 g/mol. The van der Waals surface area contributed by atoms with Gasteiger partial charge in [0.2, 0.25) is 0 Å². The molecule has 0 aliphatic rings. The number of carbonyl (C=O) groups is 1. The van der Waals surface area contributed by atoms with Gasteiger partial charge in [0, 0.05) is 10.0 Å². The summed E-state index contributed by atoms with van der Waals surface area (Å²) in [5.41, 5.74) is 2.92. The molecule has 0 amide bonds. The fraction of sp³-hybridized carbons (Fsp3) is 0.188. The van der Waals surface area contributed by atoms with Crippen molar-refractivity contribution in [3.63, 3.8) is 0 Å². The molecular formula is C16H15BrO2. The van der Waals surface area contributed by atoms with E-state index in [1.165, 1.54) is 0 Å². The van der Waals surface area contributed by atoms with E-state index in [-0.39, 0.29) is 12.4 Å². The lowest BCUT2D eigenvalue weighted by Crippen LogP contribution is -2.11. The Labute approximate surface area is 121 Å². The maximum atomic E-state index is 12.0. The van der Waals surface area contributed by atoms with Gasteiger partial charge in [-0.05, 0) is 49.2 Å². The Hall–Kier alpha value is -1.61. The van der Waals surface area contributed by atoms with Gasteiger partial charge in [-0.25, -0.2) is 0 Å². The molecule has 0 aliphatic heterocycles. The van der Waals surface area contributed by atoms with Crippen molar-refractivity contribution < 1.29 is 9.53 Å². The van der Waals surface area contributed by atoms with Crippen molar-refractivity contribution >= 4 is 21.7 Å². The smallest absolute Gasteiger partial charge is 0.200 e. The van der Waals surface area contributed by atoms with Crippen LogP contribution in [0, 0.1) is 13.8 Å². The first-order chi connectivity index (χ1) is 9.04. The second-order valence-electron chi connectivity index (χ2n) is 4.54. The van der Waals surface area contributed by atoms with Gasteiger partial charge in [0.15, 0.2) is 12.4 Å². The van der Waals surface area contributed by atoms with Crippen LogP contribution in [0.2, 0.25) is 0 Å². The predicted octanol–water partition coefficient (Wildman–Crippen LogP) is 4.33. The Morgan fingerprint density at radius 3 is 2.21 bits per heavy atom. The topological polar surface area (TPSA) is 26.3 Å². The van der Waals surface area contributed by atoms with E-state index in [1.54, 1.807) is 12.1 Å². The monoisotopic (exact) mass is 318 g/mol. The highest BCUT2D eigenvalue weighted by atomic mass is 79.9. The number of rotatable bonds is 4. The largest absolute Gasteiger partial charge is 0.485 e. The van der Waals surface area contributed by atoms with Crippen LogP contribution in [0.15, 0.2) is 46.9 Å². The van der Waals surface area contributed by atoms with E-state index in [9.17, 15) is 4.79 Å². The zero-order valence-electron chi connectivity index (χ0n) is 10.9. The molecule has 2 rings (SSSR count). The quantitative estimate of drug-likeness (QED) is 0.784. The molecule has 0 fully saturated rings. The Morgan fingerprint density at radius 1 is 1.05 bits per heavy atom. The summed E-state index contributed by atoms with van der Waals surface area (Å²) in [6, 6.07) is 13.2. The molecule has 3 heteroatoms. The lowest BCUT2D eigenvalue weighted by Gasteiger charge is -2.07. The minimum atomic E-state index is -0.0216. The van der Waals surface area contributed by atoms with Crippen molar-refractivity contribution in [3.05, 3.63) is 63.6 Å². The molecule has 2 aromatic carbocycles. The molecule has 0 aliphatic carbocycles. The average molecular weight is 319 g/mol. The lowest BCUT2D eigenvalue weighted by atomic mass is 10.1. The molecule has 0 N–H and O–H groups in total. The number of halogens is 1. The Morgan fingerprint density at radius 2 is 1.63 bits per heavy atom. The van der Waals surface area contributed by atoms with Gasteiger partial charge in [0.25, 0.3) is 0 Å². The van der Waals surface area contributed by atoms with Crippen LogP contribution in [0.3, 0.4) is 0 Å². The second kappa shape index (κ2) is 6.02. The molecule has 0 heterocycles. The third kappa shape index (κ3) is 3.93. The van der Waals surface area contributed by atoms with Crippen LogP contribution in [0.1, 0.15) is 21.5 Å². The molecule has 19 heavy (non-hydrogen) atoms. The summed E-state index contributed by atoms with van der Waals surface area (Å²) in [6.45, 7) is 4.08. The van der Waals surface area contributed by atoms with Crippen molar-refractivity contribution in [2.24, 2.45) is 0 Å². The standard InChI is InChI=1S/C16H15BrO2/c1-11-7-12(2)9-15(8-11)19-10-16(18)13-3-5-14(17)6-4-13/h3-9H,10H2,1-2H3. The van der Waals surface area contributed by atoms with Gasteiger partial charge < -0.3 is 4.74 Å². The van der Waals surface area contributed by atoms with E-state index in [2.05, 4.69) is 22.0 Å². The summed E-state index contributed by atoms with van der Waals surface area (Å²) in [5, 5.41) is 0. The normalized spacial score (nSPS) is 10.3. The first kappa shape index (κ1) is 13.8. The number of hydrogen-bond donors (Lipinski definition) is 0. The molecule has 2 aromatic rings. The number of aryl methyl sites for hydroxylation is 2. The molecule has 2 nitrogen and oxygen atoms in total. The highest BCUT2D eigenvalue weighted by Crippen LogP contribution is 2.17. The summed E-state index contributed by atoms with van der Waals surface area (Å²) in [6.07, 6.45) is 0. The molecule has 0 aromatic heterocycles. The Bertz CT molecular complexity index is 568. The minimum Gasteiger partial charge on any atom is -0.485 e. The van der Waals surface area contributed by atoms with Crippen molar-refractivity contribution in [2.75, 3.05) is 6.61 Å². The van der Waals surface area contributed by atoms with Crippen molar-refractivity contribution in [1.82, 2.24) is 0 Å². The van der Waals surface area contributed by atoms with Gasteiger partial charge in [0.05, 0.1) is 0 Å². The van der Waals surface area contributed by atoms with Crippen LogP contribution in [0.5, 0.6) is 5.75 Å². The number of ether oxygens (including phenoxy) is 1. The third-order valence-corrected chi connectivity index (χ3v) is 3.26. The van der Waals surface area contributed by atoms with Gasteiger partial charge in [-0.15, -0.1) is 0 Å². The van der Waals surface area contributed by atoms with Crippen molar-refractivity contribution in [3.8, 4) is 5.75 Å². The lowest BCUT2D eigenvalue weighted by molar-refractivity contribution is 0.0921. The number of carbonyl (C=O) groups excluding carboxylic acids is 1. The summed E-state index contributed by atoms with van der Waals surface area (Å²) < 4.78 is 6.51. The van der Waals surface area contributed by atoms with Crippen molar-refractivity contribution in [2.45, 2.75) is 13.8 Å². The van der Waals surface area contributed by atoms with Gasteiger partial charge in [0.1, 0.15) is 5.75 Å². The number of benzene rings is 2. The maximum Gasteiger partial charge on any atom is 0.200 e. The molecule has 0 unspecified atom stereocenters. The number of hydrogen-bond acceptors (Lipinski definition) is 2. The molecule has 98 valence electrons. The SMILES string of the molecule is Cc1cc(C)cc(OCC(=O)c2ccc(Br)cc2)c1. The molecule has 0 saturated carbocycles. The number of Topliss-reactive ketones (excluding diaryl/α,β-unsaturated/α-hetero) is 1. The Balaban J connectivity index is 2.02. The van der Waals surface area contributed by atoms with Gasteiger partial charge >= 0.3 is 0 Å². The van der Waals surface area contributed by atoms with Crippen LogP contribution in [-0.4, -0.2) is 12.4 Å². The zero-order chi connectivity index (χ0) is 13.8. The van der Waals surface area contributed by atoms with Crippen LogP contribution >= 0.6 is 15.9 Å². The summed E-state index contributed by atoms with van der Waals surface area (Å²) in [4.78, 5) is 12.0. The molecule has 0 spiro atoms. The average Bonchev–Trinajstić information content (AvgIpc) is 2.36. The van der Waals surface area contributed by atoms with Crippen LogP contribution in [-0.2, 0) is 0 Å². The summed E-state index contributed by atoms with van der Waals surface area (Å²) >= 11 is 3.34. The zero-order valence-corrected chi connectivity index (χ0v) is 12.5. The maximum absolute atomic E-state index is 12.0. The highest BCUT2D eigenvalue weighted by Gasteiger charge is 2.07. The summed E-state index contributed by atoms with van der Waals surface area (Å²) in [7, 11) is 0. The fourth-order valence-electron chi connectivity index (χ4n) is 1.88. The predicted molar refractivity (Wildman–Crippen MR) is 79.9 cm³/mol. The van der Waals surface area contributed by atoms with E-state index in [1.807, 2.05) is 38.1 Å². The van der Waals surface area contributed by atoms with Gasteiger partial charge in [-0.1, -0.05) is 34.1 Å². The minimum absolute atomic E-state index is 0.0216. The van der Waals surface area contributed by atoms with E-state index in [0.29, 0.717) is 5.56 Å². The fourth-order valence-corrected chi connectivity index (χ4v) is 2.15. The first-order valence-electron chi connectivity index (χ1n) is 6.04. The van der Waals surface area contributed by atoms with Gasteiger partial charge in [-0.2, -0.15) is 0 Å². The van der Waals surface area contributed by atoms with E-state index in [4.69, 9.17) is 4.74 Å².